The molecule has 1 N–H and O–H groups in total. The second-order valence-corrected chi connectivity index (χ2v) is 6.21. The topological polar surface area (TPSA) is 71.2 Å². The first-order valence-corrected chi connectivity index (χ1v) is 8.19. The van der Waals surface area contributed by atoms with E-state index in [0.717, 1.165) is 16.8 Å². The summed E-state index contributed by atoms with van der Waals surface area (Å²) in [5, 5.41) is 17.5. The van der Waals surface area contributed by atoms with Crippen LogP contribution in [-0.4, -0.2) is 50.1 Å². The van der Waals surface area contributed by atoms with Crippen molar-refractivity contribution < 1.29 is 9.90 Å². The lowest BCUT2D eigenvalue weighted by molar-refractivity contribution is 0.00544. The minimum absolute atomic E-state index is 0.185. The number of likely N-dealkylation sites (tertiary alicyclic amines) is 1. The van der Waals surface area contributed by atoms with Gasteiger partial charge in [-0.1, -0.05) is 47.7 Å². The average Bonchev–Trinajstić information content (AvgIpc) is 3.01. The molecule has 2 heterocycles. The van der Waals surface area contributed by atoms with Gasteiger partial charge in [0.25, 0.3) is 5.91 Å². The van der Waals surface area contributed by atoms with Crippen LogP contribution in [0.25, 0.3) is 16.8 Å². The second kappa shape index (κ2) is 6.14. The van der Waals surface area contributed by atoms with Gasteiger partial charge in [-0.05, 0) is 30.2 Å². The van der Waals surface area contributed by atoms with Crippen molar-refractivity contribution in [2.75, 3.05) is 13.1 Å². The summed E-state index contributed by atoms with van der Waals surface area (Å²) in [5.41, 5.74) is 4.15. The van der Waals surface area contributed by atoms with Gasteiger partial charge < -0.3 is 10.0 Å². The molecule has 1 amide bonds. The number of hydrogen-bond donors (Lipinski definition) is 1. The fraction of sp³-hybridized carbons (Fsp3) is 0.211. The number of β-amino-alcohol motifs (C(OH)–C–C–N with tert-alkyl or cyclic N) is 1. The van der Waals surface area contributed by atoms with Crippen LogP contribution >= 0.6 is 0 Å². The molecule has 1 aromatic heterocycles. The number of benzene rings is 2. The van der Waals surface area contributed by atoms with E-state index in [0.29, 0.717) is 24.5 Å². The summed E-state index contributed by atoms with van der Waals surface area (Å²) in [7, 11) is 0. The molecule has 1 aliphatic heterocycles. The molecule has 0 bridgehead atoms. The highest BCUT2D eigenvalue weighted by molar-refractivity contribution is 5.94. The van der Waals surface area contributed by atoms with E-state index >= 15 is 0 Å². The minimum atomic E-state index is -0.426. The van der Waals surface area contributed by atoms with Crippen molar-refractivity contribution in [2.45, 2.75) is 13.0 Å². The Morgan fingerprint density at radius 2 is 1.68 bits per heavy atom. The van der Waals surface area contributed by atoms with Gasteiger partial charge in [0, 0.05) is 13.1 Å². The first-order valence-electron chi connectivity index (χ1n) is 8.19. The largest absolute Gasteiger partial charge is 0.389 e. The lowest BCUT2D eigenvalue weighted by Gasteiger charge is -2.35. The van der Waals surface area contributed by atoms with Crippen molar-refractivity contribution in [2.24, 2.45) is 0 Å². The number of carbonyl (C=O) groups is 1. The molecular formula is C19H18N4O2. The van der Waals surface area contributed by atoms with Gasteiger partial charge in [0.1, 0.15) is 0 Å². The number of aliphatic hydroxyl groups excluding tert-OH is 1. The van der Waals surface area contributed by atoms with Crippen LogP contribution in [0.3, 0.4) is 0 Å². The molecular weight excluding hydrogens is 316 g/mol. The Hall–Kier alpha value is -2.99. The number of hydrogen-bond acceptors (Lipinski definition) is 4. The predicted octanol–water partition coefficient (Wildman–Crippen LogP) is 2.06. The van der Waals surface area contributed by atoms with E-state index in [4.69, 9.17) is 0 Å². The molecule has 2 aromatic carbocycles. The molecule has 6 heteroatoms. The standard InChI is InChI=1S/C19H18N4O2/c1-13-18(19(25)22-11-17(24)12-22)20-21-23(13)16-9-7-15(8-10-16)14-5-3-2-4-6-14/h2-10,17,24H,11-12H2,1H3. The zero-order chi connectivity index (χ0) is 17.4. The van der Waals surface area contributed by atoms with Crippen LogP contribution in [0.15, 0.2) is 54.6 Å². The summed E-state index contributed by atoms with van der Waals surface area (Å²) in [4.78, 5) is 14.0. The van der Waals surface area contributed by atoms with Gasteiger partial charge in [-0.15, -0.1) is 5.10 Å². The summed E-state index contributed by atoms with van der Waals surface area (Å²) in [6, 6.07) is 18.1. The molecule has 3 aromatic rings. The van der Waals surface area contributed by atoms with Crippen molar-refractivity contribution in [1.82, 2.24) is 19.9 Å². The quantitative estimate of drug-likeness (QED) is 0.796. The van der Waals surface area contributed by atoms with Gasteiger partial charge in [-0.25, -0.2) is 4.68 Å². The Bertz CT molecular complexity index is 897. The van der Waals surface area contributed by atoms with Crippen molar-refractivity contribution in [1.29, 1.82) is 0 Å². The van der Waals surface area contributed by atoms with Crippen molar-refractivity contribution in [3.05, 3.63) is 66.0 Å². The number of amides is 1. The van der Waals surface area contributed by atoms with Gasteiger partial charge in [0.05, 0.1) is 17.5 Å². The SMILES string of the molecule is Cc1c(C(=O)N2CC(O)C2)nnn1-c1ccc(-c2ccccc2)cc1. The molecule has 0 spiro atoms. The van der Waals surface area contributed by atoms with Crippen LogP contribution < -0.4 is 0 Å². The summed E-state index contributed by atoms with van der Waals surface area (Å²) in [6.07, 6.45) is -0.426. The van der Waals surface area contributed by atoms with E-state index < -0.39 is 6.10 Å². The van der Waals surface area contributed by atoms with Crippen LogP contribution in [0.5, 0.6) is 0 Å². The first-order chi connectivity index (χ1) is 12.1. The molecule has 0 saturated carbocycles. The molecule has 0 aliphatic carbocycles. The maximum Gasteiger partial charge on any atom is 0.276 e. The molecule has 0 radical (unpaired) electrons. The van der Waals surface area contributed by atoms with Crippen molar-refractivity contribution in [3.63, 3.8) is 0 Å². The summed E-state index contributed by atoms with van der Waals surface area (Å²) < 4.78 is 1.66. The molecule has 126 valence electrons. The highest BCUT2D eigenvalue weighted by atomic mass is 16.3. The maximum absolute atomic E-state index is 12.4. The summed E-state index contributed by atoms with van der Waals surface area (Å²) >= 11 is 0. The van der Waals surface area contributed by atoms with Gasteiger partial charge in [-0.2, -0.15) is 0 Å². The zero-order valence-corrected chi connectivity index (χ0v) is 13.8. The maximum atomic E-state index is 12.4. The molecule has 0 atom stereocenters. The molecule has 1 saturated heterocycles. The highest BCUT2D eigenvalue weighted by Gasteiger charge is 2.32. The average molecular weight is 334 g/mol. The van der Waals surface area contributed by atoms with E-state index in [2.05, 4.69) is 22.4 Å². The van der Waals surface area contributed by atoms with Crippen LogP contribution in [0.2, 0.25) is 0 Å². The lowest BCUT2D eigenvalue weighted by Crippen LogP contribution is -2.53. The Labute approximate surface area is 145 Å². The van der Waals surface area contributed by atoms with Gasteiger partial charge in [-0.3, -0.25) is 4.79 Å². The normalized spacial score (nSPS) is 14.4. The highest BCUT2D eigenvalue weighted by Crippen LogP contribution is 2.22. The van der Waals surface area contributed by atoms with Crippen LogP contribution in [0.4, 0.5) is 0 Å². The number of carbonyl (C=O) groups excluding carboxylic acids is 1. The fourth-order valence-electron chi connectivity index (χ4n) is 2.97. The van der Waals surface area contributed by atoms with Gasteiger partial charge in [0.2, 0.25) is 0 Å². The Kier molecular flexibility index (Phi) is 3.82. The van der Waals surface area contributed by atoms with E-state index in [1.165, 1.54) is 0 Å². The van der Waals surface area contributed by atoms with Gasteiger partial charge >= 0.3 is 0 Å². The summed E-state index contributed by atoms with van der Waals surface area (Å²) in [6.45, 7) is 2.54. The predicted molar refractivity (Wildman–Crippen MR) is 93.4 cm³/mol. The van der Waals surface area contributed by atoms with E-state index in [9.17, 15) is 9.90 Å². The van der Waals surface area contributed by atoms with Crippen LogP contribution in [0, 0.1) is 6.92 Å². The van der Waals surface area contributed by atoms with Crippen LogP contribution in [0.1, 0.15) is 16.2 Å². The lowest BCUT2D eigenvalue weighted by atomic mass is 10.1. The van der Waals surface area contributed by atoms with E-state index in [1.807, 2.05) is 49.4 Å². The molecule has 6 nitrogen and oxygen atoms in total. The fourth-order valence-corrected chi connectivity index (χ4v) is 2.97. The zero-order valence-electron chi connectivity index (χ0n) is 13.8. The number of rotatable bonds is 3. The third-order valence-corrected chi connectivity index (χ3v) is 4.47. The Balaban J connectivity index is 1.59. The minimum Gasteiger partial charge on any atom is -0.389 e. The second-order valence-electron chi connectivity index (χ2n) is 6.21. The Morgan fingerprint density at radius 1 is 1.04 bits per heavy atom. The summed E-state index contributed by atoms with van der Waals surface area (Å²) in [5.74, 6) is -0.185. The third kappa shape index (κ3) is 2.81. The smallest absolute Gasteiger partial charge is 0.276 e. The van der Waals surface area contributed by atoms with E-state index in [-0.39, 0.29) is 5.91 Å². The molecule has 1 fully saturated rings. The number of aliphatic hydroxyl groups is 1. The number of aromatic nitrogens is 3. The first kappa shape index (κ1) is 15.5. The van der Waals surface area contributed by atoms with Crippen molar-refractivity contribution >= 4 is 5.91 Å². The molecule has 1 aliphatic rings. The van der Waals surface area contributed by atoms with Crippen molar-refractivity contribution in [3.8, 4) is 16.8 Å². The third-order valence-electron chi connectivity index (χ3n) is 4.47. The molecule has 25 heavy (non-hydrogen) atoms. The Morgan fingerprint density at radius 3 is 2.32 bits per heavy atom. The molecule has 0 unspecified atom stereocenters. The molecule has 4 rings (SSSR count). The van der Waals surface area contributed by atoms with Crippen LogP contribution in [-0.2, 0) is 0 Å². The van der Waals surface area contributed by atoms with Gasteiger partial charge in [0.15, 0.2) is 5.69 Å². The van der Waals surface area contributed by atoms with E-state index in [1.54, 1.807) is 9.58 Å². The monoisotopic (exact) mass is 334 g/mol. The number of nitrogens with zero attached hydrogens (tertiary/aromatic N) is 4.